The van der Waals surface area contributed by atoms with Crippen LogP contribution in [0.3, 0.4) is 0 Å². The van der Waals surface area contributed by atoms with Crippen molar-refractivity contribution in [2.45, 2.75) is 6.42 Å². The number of nitrogens with zero attached hydrogens (tertiary/aromatic N) is 3. The number of amides is 1. The van der Waals surface area contributed by atoms with Gasteiger partial charge in [-0.1, -0.05) is 12.1 Å². The van der Waals surface area contributed by atoms with Gasteiger partial charge in [-0.25, -0.2) is 8.91 Å². The Hall–Kier alpha value is -3.92. The predicted octanol–water partition coefficient (Wildman–Crippen LogP) is 3.99. The Bertz CT molecular complexity index is 1320. The van der Waals surface area contributed by atoms with Crippen LogP contribution in [-0.2, 0) is 11.2 Å². The number of benzene rings is 2. The van der Waals surface area contributed by atoms with Crippen LogP contribution in [0.15, 0.2) is 47.9 Å². The second-order valence-electron chi connectivity index (χ2n) is 7.17. The lowest BCUT2D eigenvalue weighted by Gasteiger charge is -2.12. The first-order valence-corrected chi connectivity index (χ1v) is 11.3. The molecule has 0 spiro atoms. The molecule has 0 fully saturated rings. The fourth-order valence-electron chi connectivity index (χ4n) is 3.40. The van der Waals surface area contributed by atoms with E-state index in [1.54, 1.807) is 40.9 Å². The predicted molar refractivity (Wildman–Crippen MR) is 128 cm³/mol. The zero-order chi connectivity index (χ0) is 24.1. The van der Waals surface area contributed by atoms with Crippen LogP contribution in [-0.4, -0.2) is 48.4 Å². The van der Waals surface area contributed by atoms with Crippen LogP contribution < -0.4 is 19.5 Å². The Morgan fingerprint density at radius 1 is 1.15 bits per heavy atom. The van der Waals surface area contributed by atoms with E-state index in [9.17, 15) is 9.18 Å². The van der Waals surface area contributed by atoms with Gasteiger partial charge in [0.1, 0.15) is 5.82 Å². The van der Waals surface area contributed by atoms with Gasteiger partial charge in [-0.2, -0.15) is 4.98 Å². The Labute approximate surface area is 199 Å². The second kappa shape index (κ2) is 10.3. The third kappa shape index (κ3) is 4.86. The minimum absolute atomic E-state index is 0.245. The van der Waals surface area contributed by atoms with Crippen molar-refractivity contribution in [1.29, 1.82) is 0 Å². The molecule has 2 aromatic carbocycles. The van der Waals surface area contributed by atoms with E-state index in [0.717, 1.165) is 11.3 Å². The fourth-order valence-corrected chi connectivity index (χ4v) is 4.25. The van der Waals surface area contributed by atoms with Gasteiger partial charge in [-0.3, -0.25) is 4.79 Å². The summed E-state index contributed by atoms with van der Waals surface area (Å²) in [7, 11) is 4.60. The Balaban J connectivity index is 1.39. The van der Waals surface area contributed by atoms with Gasteiger partial charge in [0.05, 0.1) is 32.6 Å². The van der Waals surface area contributed by atoms with Crippen LogP contribution in [0.4, 0.5) is 4.39 Å². The molecule has 0 saturated carbocycles. The van der Waals surface area contributed by atoms with Crippen molar-refractivity contribution >= 4 is 28.3 Å². The first-order valence-electron chi connectivity index (χ1n) is 10.4. The average molecular weight is 483 g/mol. The summed E-state index contributed by atoms with van der Waals surface area (Å²) in [5.74, 6) is 1.22. The lowest BCUT2D eigenvalue weighted by molar-refractivity contribution is -0.116. The molecular formula is C24H23FN4O4S. The number of hydrogen-bond acceptors (Lipinski definition) is 7. The largest absolute Gasteiger partial charge is 0.493 e. The summed E-state index contributed by atoms with van der Waals surface area (Å²) in [5.41, 5.74) is 1.96. The highest BCUT2D eigenvalue weighted by Crippen LogP contribution is 2.38. The maximum Gasteiger partial charge on any atom is 0.244 e. The molecule has 8 nitrogen and oxygen atoms in total. The molecule has 0 unspecified atom stereocenters. The molecule has 0 aliphatic heterocycles. The van der Waals surface area contributed by atoms with Crippen LogP contribution >= 0.6 is 11.3 Å². The highest BCUT2D eigenvalue weighted by molar-refractivity contribution is 7.15. The number of carbonyl (C=O) groups is 1. The maximum atomic E-state index is 14.1. The molecule has 34 heavy (non-hydrogen) atoms. The number of fused-ring (bicyclic) bond motifs is 1. The molecule has 4 rings (SSSR count). The zero-order valence-corrected chi connectivity index (χ0v) is 19.7. The number of halogens is 1. The normalized spacial score (nSPS) is 11.2. The summed E-state index contributed by atoms with van der Waals surface area (Å²) in [4.78, 5) is 17.4. The van der Waals surface area contributed by atoms with Crippen LogP contribution in [0.5, 0.6) is 17.2 Å². The molecule has 176 valence electrons. The third-order valence-electron chi connectivity index (χ3n) is 5.06. The zero-order valence-electron chi connectivity index (χ0n) is 18.9. The number of aromatic nitrogens is 3. The van der Waals surface area contributed by atoms with Crippen molar-refractivity contribution in [3.8, 4) is 28.6 Å². The first kappa shape index (κ1) is 23.2. The summed E-state index contributed by atoms with van der Waals surface area (Å²) < 4.78 is 31.7. The van der Waals surface area contributed by atoms with E-state index in [2.05, 4.69) is 15.4 Å². The summed E-state index contributed by atoms with van der Waals surface area (Å²) in [5, 5.41) is 9.22. The molecule has 4 aromatic rings. The highest BCUT2D eigenvalue weighted by Gasteiger charge is 2.15. The van der Waals surface area contributed by atoms with Crippen LogP contribution in [0, 0.1) is 5.82 Å². The second-order valence-corrected chi connectivity index (χ2v) is 8.01. The smallest absolute Gasteiger partial charge is 0.244 e. The molecule has 1 amide bonds. The molecule has 0 atom stereocenters. The number of thiazole rings is 1. The average Bonchev–Trinajstić information content (AvgIpc) is 3.43. The molecule has 1 N–H and O–H groups in total. The van der Waals surface area contributed by atoms with Gasteiger partial charge in [-0.05, 0) is 35.9 Å². The molecule has 0 bridgehead atoms. The maximum absolute atomic E-state index is 14.1. The highest BCUT2D eigenvalue weighted by atomic mass is 32.1. The van der Waals surface area contributed by atoms with Crippen molar-refractivity contribution in [2.75, 3.05) is 27.9 Å². The lowest BCUT2D eigenvalue weighted by Crippen LogP contribution is -2.23. The molecule has 0 saturated heterocycles. The standard InChI is InChI=1S/C24H23FN4O4S/c1-31-19-12-15(13-20(32-2)22(19)33-3)8-9-21(30)26-11-10-16-14-34-24-27-23(28-29(16)24)17-6-4-5-7-18(17)25/h4-9,12-14H,10-11H2,1-3H3,(H,26,30)/b9-8+. The molecule has 0 aliphatic carbocycles. The van der Waals surface area contributed by atoms with E-state index in [1.807, 2.05) is 5.38 Å². The number of hydrogen-bond donors (Lipinski definition) is 1. The topological polar surface area (TPSA) is 87.0 Å². The van der Waals surface area contributed by atoms with Gasteiger partial charge in [0.25, 0.3) is 0 Å². The minimum Gasteiger partial charge on any atom is -0.493 e. The molecule has 10 heteroatoms. The van der Waals surface area contributed by atoms with E-state index in [-0.39, 0.29) is 11.7 Å². The van der Waals surface area contributed by atoms with Crippen molar-refractivity contribution < 1.29 is 23.4 Å². The van der Waals surface area contributed by atoms with E-state index >= 15 is 0 Å². The number of ether oxygens (including phenoxy) is 3. The minimum atomic E-state index is -0.367. The van der Waals surface area contributed by atoms with Crippen LogP contribution in [0.25, 0.3) is 22.4 Å². The van der Waals surface area contributed by atoms with Crippen molar-refractivity contribution in [3.63, 3.8) is 0 Å². The Kier molecular flexibility index (Phi) is 7.07. The van der Waals surface area contributed by atoms with Gasteiger partial charge in [-0.15, -0.1) is 16.4 Å². The molecule has 2 heterocycles. The van der Waals surface area contributed by atoms with Crippen LogP contribution in [0.2, 0.25) is 0 Å². The first-order chi connectivity index (χ1) is 16.5. The lowest BCUT2D eigenvalue weighted by atomic mass is 10.1. The van der Waals surface area contributed by atoms with Crippen molar-refractivity contribution in [3.05, 3.63) is 64.9 Å². The number of carbonyl (C=O) groups excluding carboxylic acids is 1. The van der Waals surface area contributed by atoms with Gasteiger partial charge >= 0.3 is 0 Å². The van der Waals surface area contributed by atoms with Gasteiger partial charge in [0.15, 0.2) is 17.3 Å². The van der Waals surface area contributed by atoms with Gasteiger partial charge in [0.2, 0.25) is 16.6 Å². The molecule has 2 aromatic heterocycles. The summed E-state index contributed by atoms with van der Waals surface area (Å²) in [6.07, 6.45) is 3.65. The number of rotatable bonds is 9. The Morgan fingerprint density at radius 2 is 1.88 bits per heavy atom. The SMILES string of the molecule is COc1cc(/C=C/C(=O)NCCc2csc3nc(-c4ccccc4F)nn23)cc(OC)c1OC. The third-order valence-corrected chi connectivity index (χ3v) is 5.92. The van der Waals surface area contributed by atoms with E-state index in [1.165, 1.54) is 44.8 Å². The molecular weight excluding hydrogens is 459 g/mol. The summed E-state index contributed by atoms with van der Waals surface area (Å²) in [6, 6.07) is 9.91. The molecule has 0 radical (unpaired) electrons. The fraction of sp³-hybridized carbons (Fsp3) is 0.208. The quantitative estimate of drug-likeness (QED) is 0.363. The summed E-state index contributed by atoms with van der Waals surface area (Å²) >= 11 is 1.42. The van der Waals surface area contributed by atoms with Gasteiger partial charge in [0, 0.05) is 24.4 Å². The number of nitrogens with one attached hydrogen (secondary N) is 1. The van der Waals surface area contributed by atoms with E-state index in [4.69, 9.17) is 14.2 Å². The van der Waals surface area contributed by atoms with Crippen molar-refractivity contribution in [2.24, 2.45) is 0 Å². The molecule has 0 aliphatic rings. The monoisotopic (exact) mass is 482 g/mol. The number of methoxy groups -OCH3 is 3. The van der Waals surface area contributed by atoms with Crippen LogP contribution in [0.1, 0.15) is 11.3 Å². The van der Waals surface area contributed by atoms with E-state index in [0.29, 0.717) is 46.6 Å². The van der Waals surface area contributed by atoms with Crippen molar-refractivity contribution in [1.82, 2.24) is 19.9 Å². The van der Waals surface area contributed by atoms with Gasteiger partial charge < -0.3 is 19.5 Å². The van der Waals surface area contributed by atoms with E-state index < -0.39 is 0 Å². The Morgan fingerprint density at radius 3 is 2.56 bits per heavy atom. The summed E-state index contributed by atoms with van der Waals surface area (Å²) in [6.45, 7) is 0.402.